The molecule has 0 aromatic heterocycles. The number of rotatable bonds is 2. The molecule has 15 heavy (non-hydrogen) atoms. The minimum absolute atomic E-state index is 0.702. The summed E-state index contributed by atoms with van der Waals surface area (Å²) in [5.41, 5.74) is 1.51. The Morgan fingerprint density at radius 2 is 1.93 bits per heavy atom. The third-order valence-corrected chi connectivity index (χ3v) is 4.43. The first-order chi connectivity index (χ1) is 7.20. The van der Waals surface area contributed by atoms with Gasteiger partial charge in [0.25, 0.3) is 0 Å². The molecule has 2 rings (SSSR count). The summed E-state index contributed by atoms with van der Waals surface area (Å²) >= 11 is 2.48. The fourth-order valence-corrected chi connectivity index (χ4v) is 3.94. The van der Waals surface area contributed by atoms with Crippen molar-refractivity contribution >= 4 is 22.9 Å². The van der Waals surface area contributed by atoms with Crippen LogP contribution in [0, 0.1) is 5.92 Å². The van der Waals surface area contributed by atoms with Crippen LogP contribution in [0.5, 0.6) is 0 Å². The van der Waals surface area contributed by atoms with Crippen molar-refractivity contribution in [2.45, 2.75) is 32.2 Å². The van der Waals surface area contributed by atoms with Gasteiger partial charge in [0.2, 0.25) is 0 Å². The molecule has 1 heterocycles. The van der Waals surface area contributed by atoms with Crippen molar-refractivity contribution in [2.75, 3.05) is 6.54 Å². The van der Waals surface area contributed by atoms with E-state index in [2.05, 4.69) is 70.2 Å². The molecule has 1 aromatic carbocycles. The molecular weight excluding hydrogens is 297 g/mol. The van der Waals surface area contributed by atoms with Gasteiger partial charge in [-0.3, -0.25) is 0 Å². The lowest BCUT2D eigenvalue weighted by atomic mass is 9.86. The first-order valence-electron chi connectivity index (χ1n) is 5.67. The second kappa shape index (κ2) is 4.83. The van der Waals surface area contributed by atoms with Crippen LogP contribution in [0.15, 0.2) is 30.3 Å². The SMILES string of the molecule is CC(C)C1C(c2ccccc2)CCN1I. The summed E-state index contributed by atoms with van der Waals surface area (Å²) in [6.45, 7) is 5.89. The predicted molar refractivity (Wildman–Crippen MR) is 73.2 cm³/mol. The first-order valence-corrected chi connectivity index (χ1v) is 6.64. The fraction of sp³-hybridized carbons (Fsp3) is 0.538. The molecule has 1 aliphatic rings. The fourth-order valence-electron chi connectivity index (χ4n) is 2.63. The Bertz CT molecular complexity index is 310. The van der Waals surface area contributed by atoms with E-state index in [0.29, 0.717) is 6.04 Å². The molecule has 1 aliphatic heterocycles. The third-order valence-electron chi connectivity index (χ3n) is 3.30. The van der Waals surface area contributed by atoms with Gasteiger partial charge < -0.3 is 0 Å². The summed E-state index contributed by atoms with van der Waals surface area (Å²) in [5, 5.41) is 0. The van der Waals surface area contributed by atoms with Gasteiger partial charge >= 0.3 is 0 Å². The molecule has 1 nitrogen and oxygen atoms in total. The molecule has 0 saturated carbocycles. The van der Waals surface area contributed by atoms with Gasteiger partial charge in [0, 0.05) is 41.4 Å². The average Bonchev–Trinajstić information content (AvgIpc) is 2.61. The number of nitrogens with zero attached hydrogens (tertiary/aromatic N) is 1. The summed E-state index contributed by atoms with van der Waals surface area (Å²) in [5.74, 6) is 1.46. The van der Waals surface area contributed by atoms with Crippen molar-refractivity contribution in [1.82, 2.24) is 3.11 Å². The quantitative estimate of drug-likeness (QED) is 0.592. The monoisotopic (exact) mass is 315 g/mol. The highest BCUT2D eigenvalue weighted by Crippen LogP contribution is 2.38. The molecule has 1 fully saturated rings. The molecule has 0 spiro atoms. The molecule has 0 amide bonds. The normalized spacial score (nSPS) is 27.5. The van der Waals surface area contributed by atoms with Gasteiger partial charge in [-0.2, -0.15) is 0 Å². The summed E-state index contributed by atoms with van der Waals surface area (Å²) in [4.78, 5) is 0. The second-order valence-corrected chi connectivity index (χ2v) is 5.90. The van der Waals surface area contributed by atoms with Crippen LogP contribution in [-0.4, -0.2) is 15.7 Å². The smallest absolute Gasteiger partial charge is 0.0286 e. The standard InChI is InChI=1S/C13H18IN/c1-10(2)13-12(8-9-15(13)14)11-6-4-3-5-7-11/h3-7,10,12-13H,8-9H2,1-2H3. The van der Waals surface area contributed by atoms with Gasteiger partial charge in [0.05, 0.1) is 0 Å². The Balaban J connectivity index is 2.22. The van der Waals surface area contributed by atoms with Crippen molar-refractivity contribution in [2.24, 2.45) is 5.92 Å². The summed E-state index contributed by atoms with van der Waals surface area (Å²) in [7, 11) is 0. The zero-order chi connectivity index (χ0) is 10.8. The van der Waals surface area contributed by atoms with Crippen molar-refractivity contribution in [3.63, 3.8) is 0 Å². The van der Waals surface area contributed by atoms with Crippen LogP contribution < -0.4 is 0 Å². The van der Waals surface area contributed by atoms with Crippen LogP contribution in [0.25, 0.3) is 0 Å². The van der Waals surface area contributed by atoms with E-state index in [0.717, 1.165) is 11.8 Å². The molecule has 2 atom stereocenters. The van der Waals surface area contributed by atoms with Gasteiger partial charge in [0.1, 0.15) is 0 Å². The lowest BCUT2D eigenvalue weighted by Gasteiger charge is -2.27. The Kier molecular flexibility index (Phi) is 3.67. The number of benzene rings is 1. The van der Waals surface area contributed by atoms with E-state index in [4.69, 9.17) is 0 Å². The molecule has 0 bridgehead atoms. The zero-order valence-electron chi connectivity index (χ0n) is 9.36. The Morgan fingerprint density at radius 1 is 1.27 bits per heavy atom. The molecule has 0 aliphatic carbocycles. The van der Waals surface area contributed by atoms with Crippen LogP contribution in [0.4, 0.5) is 0 Å². The maximum atomic E-state index is 2.49. The van der Waals surface area contributed by atoms with E-state index in [9.17, 15) is 0 Å². The lowest BCUT2D eigenvalue weighted by molar-refractivity contribution is 0.340. The molecule has 0 N–H and O–H groups in total. The van der Waals surface area contributed by atoms with Gasteiger partial charge in [0.15, 0.2) is 0 Å². The molecule has 0 radical (unpaired) electrons. The number of hydrogen-bond acceptors (Lipinski definition) is 1. The summed E-state index contributed by atoms with van der Waals surface area (Å²) in [6, 6.07) is 11.7. The van der Waals surface area contributed by atoms with Crippen molar-refractivity contribution in [3.8, 4) is 0 Å². The van der Waals surface area contributed by atoms with Crippen LogP contribution in [0.2, 0.25) is 0 Å². The molecule has 2 heteroatoms. The third kappa shape index (κ3) is 2.36. The van der Waals surface area contributed by atoms with Gasteiger partial charge in [-0.1, -0.05) is 44.2 Å². The molecule has 2 unspecified atom stereocenters. The van der Waals surface area contributed by atoms with E-state index in [1.165, 1.54) is 18.5 Å². The Labute approximate surface area is 106 Å². The predicted octanol–water partition coefficient (Wildman–Crippen LogP) is 3.85. The first kappa shape index (κ1) is 11.4. The van der Waals surface area contributed by atoms with E-state index in [1.807, 2.05) is 0 Å². The highest BCUT2D eigenvalue weighted by Gasteiger charge is 2.35. The van der Waals surface area contributed by atoms with Gasteiger partial charge in [-0.25, -0.2) is 3.11 Å². The zero-order valence-corrected chi connectivity index (χ0v) is 11.5. The lowest BCUT2D eigenvalue weighted by Crippen LogP contribution is -2.29. The highest BCUT2D eigenvalue weighted by atomic mass is 127. The maximum Gasteiger partial charge on any atom is 0.0286 e. The van der Waals surface area contributed by atoms with E-state index >= 15 is 0 Å². The average molecular weight is 315 g/mol. The molecule has 1 saturated heterocycles. The molecular formula is C13H18IN. The van der Waals surface area contributed by atoms with Crippen LogP contribution in [-0.2, 0) is 0 Å². The Hall–Kier alpha value is -0.0900. The van der Waals surface area contributed by atoms with Crippen molar-refractivity contribution in [1.29, 1.82) is 0 Å². The van der Waals surface area contributed by atoms with E-state index in [1.54, 1.807) is 0 Å². The van der Waals surface area contributed by atoms with Crippen LogP contribution in [0.1, 0.15) is 31.7 Å². The van der Waals surface area contributed by atoms with Crippen LogP contribution >= 0.6 is 22.9 Å². The van der Waals surface area contributed by atoms with Crippen LogP contribution in [0.3, 0.4) is 0 Å². The summed E-state index contributed by atoms with van der Waals surface area (Å²) < 4.78 is 2.49. The van der Waals surface area contributed by atoms with E-state index in [-0.39, 0.29) is 0 Å². The topological polar surface area (TPSA) is 3.24 Å². The number of halogens is 1. The Morgan fingerprint density at radius 3 is 2.53 bits per heavy atom. The maximum absolute atomic E-state index is 2.49. The van der Waals surface area contributed by atoms with E-state index < -0.39 is 0 Å². The van der Waals surface area contributed by atoms with Gasteiger partial charge in [-0.15, -0.1) is 0 Å². The second-order valence-electron chi connectivity index (χ2n) is 4.66. The number of hydrogen-bond donors (Lipinski definition) is 0. The minimum Gasteiger partial charge on any atom is -0.244 e. The van der Waals surface area contributed by atoms with Crippen molar-refractivity contribution in [3.05, 3.63) is 35.9 Å². The highest BCUT2D eigenvalue weighted by molar-refractivity contribution is 14.1. The largest absolute Gasteiger partial charge is 0.244 e. The summed E-state index contributed by atoms with van der Waals surface area (Å²) in [6.07, 6.45) is 1.30. The van der Waals surface area contributed by atoms with Gasteiger partial charge in [-0.05, 0) is 17.9 Å². The minimum atomic E-state index is 0.702. The van der Waals surface area contributed by atoms with Crippen molar-refractivity contribution < 1.29 is 0 Å². The molecule has 1 aromatic rings. The molecule has 82 valence electrons.